The lowest BCUT2D eigenvalue weighted by Crippen LogP contribution is -2.34. The van der Waals surface area contributed by atoms with Crippen molar-refractivity contribution < 1.29 is 14.6 Å². The van der Waals surface area contributed by atoms with E-state index >= 15 is 0 Å². The molecule has 1 aromatic heterocycles. The summed E-state index contributed by atoms with van der Waals surface area (Å²) in [5.41, 5.74) is 1.34. The summed E-state index contributed by atoms with van der Waals surface area (Å²) >= 11 is 0. The van der Waals surface area contributed by atoms with E-state index in [1.54, 1.807) is 19.1 Å². The van der Waals surface area contributed by atoms with Gasteiger partial charge in [-0.1, -0.05) is 12.1 Å². The number of hydrogen-bond acceptors (Lipinski definition) is 9. The Morgan fingerprint density at radius 2 is 1.87 bits per heavy atom. The minimum Gasteiger partial charge on any atom is -0.323 e. The van der Waals surface area contributed by atoms with Crippen LogP contribution in [0.3, 0.4) is 0 Å². The van der Waals surface area contributed by atoms with Crippen molar-refractivity contribution in [3.63, 3.8) is 0 Å². The smallest absolute Gasteiger partial charge is 0.304 e. The topological polar surface area (TPSA) is 180 Å². The van der Waals surface area contributed by atoms with Crippen molar-refractivity contribution in [2.24, 2.45) is 10.9 Å². The zero-order chi connectivity index (χ0) is 22.7. The molecule has 0 saturated carbocycles. The molecule has 0 radical (unpaired) electrons. The number of carbonyl (C=O) groups is 1. The Morgan fingerprint density at radius 3 is 2.52 bits per heavy atom. The molecule has 1 amide bonds. The number of nitro benzene ring substituents is 1. The Hall–Kier alpha value is -4.48. The molecular formula is C19H17N7O5. The van der Waals surface area contributed by atoms with Crippen molar-refractivity contribution in [3.8, 4) is 0 Å². The van der Waals surface area contributed by atoms with E-state index in [2.05, 4.69) is 20.4 Å². The van der Waals surface area contributed by atoms with E-state index in [4.69, 9.17) is 5.84 Å². The molecule has 3 rings (SSSR count). The Labute approximate surface area is 175 Å². The predicted octanol–water partition coefficient (Wildman–Crippen LogP) is 2.43. The number of hydrogen-bond donors (Lipinski definition) is 2. The highest BCUT2D eigenvalue weighted by molar-refractivity contribution is 6.44. The van der Waals surface area contributed by atoms with Gasteiger partial charge in [0.2, 0.25) is 5.71 Å². The molecule has 0 spiro atoms. The molecule has 2 aromatic carbocycles. The van der Waals surface area contributed by atoms with Crippen molar-refractivity contribution in [2.75, 3.05) is 5.32 Å². The molecule has 0 saturated heterocycles. The van der Waals surface area contributed by atoms with Gasteiger partial charge in [0.1, 0.15) is 5.69 Å². The fourth-order valence-corrected chi connectivity index (χ4v) is 2.92. The second-order valence-corrected chi connectivity index (χ2v) is 6.70. The minimum atomic E-state index is -1.83. The normalized spacial score (nSPS) is 12.4. The van der Waals surface area contributed by atoms with Crippen molar-refractivity contribution in [3.05, 3.63) is 79.6 Å². The fraction of sp³-hybridized carbons (Fsp3) is 0.158. The molecule has 158 valence electrons. The molecule has 3 aromatic rings. The number of anilines is 1. The maximum Gasteiger partial charge on any atom is 0.304 e. The van der Waals surface area contributed by atoms with Gasteiger partial charge >= 0.3 is 6.04 Å². The summed E-state index contributed by atoms with van der Waals surface area (Å²) in [7, 11) is 0. The molecule has 1 heterocycles. The summed E-state index contributed by atoms with van der Waals surface area (Å²) in [6.45, 7) is 3.59. The molecule has 12 heteroatoms. The second kappa shape index (κ2) is 8.49. The zero-order valence-corrected chi connectivity index (χ0v) is 16.5. The lowest BCUT2D eigenvalue weighted by molar-refractivity contribution is -0.509. The van der Waals surface area contributed by atoms with Gasteiger partial charge in [0.15, 0.2) is 0 Å². The van der Waals surface area contributed by atoms with E-state index in [1.807, 2.05) is 13.0 Å². The van der Waals surface area contributed by atoms with Crippen LogP contribution >= 0.6 is 0 Å². The number of carbonyl (C=O) groups excluding carboxylic acids is 1. The summed E-state index contributed by atoms with van der Waals surface area (Å²) in [5, 5.41) is 28.7. The van der Waals surface area contributed by atoms with Gasteiger partial charge in [-0.25, -0.2) is 4.98 Å². The van der Waals surface area contributed by atoms with Crippen LogP contribution in [0.25, 0.3) is 11.0 Å². The van der Waals surface area contributed by atoms with Gasteiger partial charge in [0.05, 0.1) is 22.2 Å². The molecule has 0 aliphatic rings. The number of fused-ring (bicyclic) bond motifs is 1. The first-order valence-electron chi connectivity index (χ1n) is 8.92. The average Bonchev–Trinajstić information content (AvgIpc) is 2.73. The summed E-state index contributed by atoms with van der Waals surface area (Å²) < 4.78 is 0. The fourth-order valence-electron chi connectivity index (χ4n) is 2.92. The molecule has 0 unspecified atom stereocenters. The van der Waals surface area contributed by atoms with Crippen molar-refractivity contribution in [2.45, 2.75) is 19.9 Å². The lowest BCUT2D eigenvalue weighted by atomic mass is 10.1. The number of hydrazone groups is 1. The largest absolute Gasteiger partial charge is 0.323 e. The maximum absolute atomic E-state index is 12.8. The number of aromatic nitrogens is 2. The molecule has 12 nitrogen and oxygen atoms in total. The van der Waals surface area contributed by atoms with E-state index in [-0.39, 0.29) is 16.9 Å². The number of non-ortho nitro benzene ring substituents is 1. The number of amides is 1. The highest BCUT2D eigenvalue weighted by Gasteiger charge is 2.37. The number of aryl methyl sites for hydroxylation is 2. The Bertz CT molecular complexity index is 1240. The van der Waals surface area contributed by atoms with Crippen LogP contribution < -0.4 is 11.2 Å². The van der Waals surface area contributed by atoms with Gasteiger partial charge < -0.3 is 11.2 Å². The number of rotatable bonds is 6. The van der Waals surface area contributed by atoms with Crippen LogP contribution in [0.5, 0.6) is 0 Å². The molecule has 0 aliphatic heterocycles. The number of nitrogens with one attached hydrogen (secondary N) is 1. The van der Waals surface area contributed by atoms with Crippen molar-refractivity contribution >= 4 is 34.0 Å². The summed E-state index contributed by atoms with van der Waals surface area (Å²) in [4.78, 5) is 42.3. The Morgan fingerprint density at radius 1 is 1.13 bits per heavy atom. The quantitative estimate of drug-likeness (QED) is 0.262. The summed E-state index contributed by atoms with van der Waals surface area (Å²) in [6.07, 6.45) is 1.11. The molecule has 3 N–H and O–H groups in total. The van der Waals surface area contributed by atoms with Crippen LogP contribution in [0, 0.1) is 34.1 Å². The van der Waals surface area contributed by atoms with E-state index < -0.39 is 27.5 Å². The summed E-state index contributed by atoms with van der Waals surface area (Å²) in [6, 6.07) is 7.27. The number of nitrogens with zero attached hydrogens (tertiary/aromatic N) is 5. The van der Waals surface area contributed by atoms with Gasteiger partial charge in [0, 0.05) is 22.7 Å². The third-order valence-electron chi connectivity index (χ3n) is 4.52. The molecule has 0 bridgehead atoms. The third kappa shape index (κ3) is 4.42. The second-order valence-electron chi connectivity index (χ2n) is 6.70. The molecular weight excluding hydrogens is 406 g/mol. The highest BCUT2D eigenvalue weighted by Crippen LogP contribution is 2.23. The van der Waals surface area contributed by atoms with E-state index in [0.29, 0.717) is 11.2 Å². The highest BCUT2D eigenvalue weighted by atomic mass is 16.6. The Balaban J connectivity index is 2.01. The minimum absolute atomic E-state index is 0.0601. The van der Waals surface area contributed by atoms with Crippen LogP contribution in [0.2, 0.25) is 0 Å². The third-order valence-corrected chi connectivity index (χ3v) is 4.52. The first-order chi connectivity index (χ1) is 14.7. The Kier molecular flexibility index (Phi) is 5.81. The molecule has 31 heavy (non-hydrogen) atoms. The molecule has 0 aliphatic carbocycles. The van der Waals surface area contributed by atoms with Gasteiger partial charge in [-0.15, -0.1) is 0 Å². The zero-order valence-electron chi connectivity index (χ0n) is 16.5. The monoisotopic (exact) mass is 423 g/mol. The number of benzene rings is 2. The van der Waals surface area contributed by atoms with Crippen molar-refractivity contribution in [1.82, 2.24) is 9.97 Å². The van der Waals surface area contributed by atoms with Crippen molar-refractivity contribution in [1.29, 1.82) is 0 Å². The van der Waals surface area contributed by atoms with Gasteiger partial charge in [-0.2, -0.15) is 5.10 Å². The number of nitrogens with two attached hydrogens (primary N) is 1. The standard InChI is InChI=1S/C19H17N7O5/c1-10-3-4-11(2)14(7-10)23-19(27)17(24-20)18(26(30)31)16-9-21-13-6-5-12(25(28)29)8-15(13)22-16/h3-9,18H,20H2,1-2H3,(H,23,27)/b24-17+/t18-/m1/s1. The van der Waals surface area contributed by atoms with Crippen LogP contribution in [-0.4, -0.2) is 31.4 Å². The van der Waals surface area contributed by atoms with Crippen LogP contribution in [0.4, 0.5) is 11.4 Å². The van der Waals surface area contributed by atoms with E-state index in [9.17, 15) is 25.0 Å². The van der Waals surface area contributed by atoms with E-state index in [1.165, 1.54) is 12.1 Å². The first-order valence-corrected chi connectivity index (χ1v) is 8.92. The number of nitro groups is 2. The van der Waals surface area contributed by atoms with Crippen LogP contribution in [0.15, 0.2) is 47.7 Å². The first kappa shape index (κ1) is 21.2. The molecule has 1 atom stereocenters. The van der Waals surface area contributed by atoms with E-state index in [0.717, 1.165) is 23.4 Å². The summed E-state index contributed by atoms with van der Waals surface area (Å²) in [5.74, 6) is 4.46. The van der Waals surface area contributed by atoms with Crippen LogP contribution in [-0.2, 0) is 4.79 Å². The van der Waals surface area contributed by atoms with Gasteiger partial charge in [-0.3, -0.25) is 30.0 Å². The van der Waals surface area contributed by atoms with Crippen LogP contribution in [0.1, 0.15) is 22.9 Å². The average molecular weight is 423 g/mol. The molecule has 0 fully saturated rings. The predicted molar refractivity (Wildman–Crippen MR) is 112 cm³/mol. The SMILES string of the molecule is Cc1ccc(C)c(NC(=O)/C(=N/N)[C@@H](c2cnc3ccc([N+](=O)[O-])cc3n2)[N+](=O)[O-])c1. The maximum atomic E-state index is 12.8. The van der Waals surface area contributed by atoms with Gasteiger partial charge in [0.25, 0.3) is 11.6 Å². The lowest BCUT2D eigenvalue weighted by Gasteiger charge is -2.13. The van der Waals surface area contributed by atoms with Gasteiger partial charge in [-0.05, 0) is 37.1 Å².